The molecule has 0 aliphatic heterocycles. The number of nitrogens with one attached hydrogen (secondary N) is 3. The van der Waals surface area contributed by atoms with Gasteiger partial charge in [0.25, 0.3) is 0 Å². The molecule has 0 aliphatic rings. The highest BCUT2D eigenvalue weighted by atomic mass is 35.5. The van der Waals surface area contributed by atoms with Gasteiger partial charge in [-0.1, -0.05) is 48.0 Å². The molecule has 0 saturated heterocycles. The van der Waals surface area contributed by atoms with Gasteiger partial charge in [-0.2, -0.15) is 13.2 Å². The van der Waals surface area contributed by atoms with E-state index < -0.39 is 29.7 Å². The number of amides is 3. The highest BCUT2D eigenvalue weighted by Crippen LogP contribution is 2.29. The number of carbonyl (C=O) groups is 2. The molecule has 3 N–H and O–H groups in total. The van der Waals surface area contributed by atoms with Gasteiger partial charge >= 0.3 is 12.2 Å². The molecular weight excluding hydrogens is 443 g/mol. The van der Waals surface area contributed by atoms with Crippen molar-refractivity contribution in [3.63, 3.8) is 0 Å². The summed E-state index contributed by atoms with van der Waals surface area (Å²) < 4.78 is 38.2. The third-order valence-electron chi connectivity index (χ3n) is 4.47. The van der Waals surface area contributed by atoms with E-state index in [1.54, 1.807) is 48.5 Å². The summed E-state index contributed by atoms with van der Waals surface area (Å²) >= 11 is 5.92. The highest BCUT2D eigenvalue weighted by Gasteiger charge is 2.30. The van der Waals surface area contributed by atoms with Gasteiger partial charge in [-0.05, 0) is 48.0 Å². The van der Waals surface area contributed by atoms with Gasteiger partial charge in [0.05, 0.1) is 5.56 Å². The van der Waals surface area contributed by atoms with Crippen LogP contribution in [0.4, 0.5) is 29.3 Å². The summed E-state index contributed by atoms with van der Waals surface area (Å²) in [5, 5.41) is 8.19. The van der Waals surface area contributed by atoms with Gasteiger partial charge in [0.1, 0.15) is 6.04 Å². The molecule has 5 nitrogen and oxygen atoms in total. The maximum absolute atomic E-state index is 12.8. The van der Waals surface area contributed by atoms with Gasteiger partial charge in [-0.15, -0.1) is 0 Å². The average molecular weight is 462 g/mol. The van der Waals surface area contributed by atoms with E-state index in [1.165, 1.54) is 0 Å². The van der Waals surface area contributed by atoms with Crippen LogP contribution in [0.25, 0.3) is 0 Å². The van der Waals surface area contributed by atoms with E-state index in [0.29, 0.717) is 10.7 Å². The molecule has 3 aromatic rings. The lowest BCUT2D eigenvalue weighted by molar-refractivity contribution is -0.137. The van der Waals surface area contributed by atoms with Gasteiger partial charge < -0.3 is 16.0 Å². The Bertz CT molecular complexity index is 1070. The van der Waals surface area contributed by atoms with Crippen molar-refractivity contribution in [2.75, 3.05) is 10.6 Å². The fourth-order valence-electron chi connectivity index (χ4n) is 2.92. The molecule has 0 radical (unpaired) electrons. The Morgan fingerprint density at radius 1 is 0.844 bits per heavy atom. The first kappa shape index (κ1) is 23.1. The van der Waals surface area contributed by atoms with Crippen LogP contribution in [0, 0.1) is 0 Å². The Hall–Kier alpha value is -3.52. The van der Waals surface area contributed by atoms with Crippen LogP contribution in [0.1, 0.15) is 11.1 Å². The van der Waals surface area contributed by atoms with E-state index >= 15 is 0 Å². The lowest BCUT2D eigenvalue weighted by Crippen LogP contribution is -2.46. The molecule has 0 aliphatic carbocycles. The Kier molecular flexibility index (Phi) is 7.37. The minimum Gasteiger partial charge on any atom is -0.326 e. The van der Waals surface area contributed by atoms with E-state index in [4.69, 9.17) is 11.6 Å². The van der Waals surface area contributed by atoms with E-state index in [0.717, 1.165) is 29.8 Å². The van der Waals surface area contributed by atoms with Crippen molar-refractivity contribution in [1.29, 1.82) is 0 Å². The van der Waals surface area contributed by atoms with Crippen LogP contribution in [-0.4, -0.2) is 18.0 Å². The smallest absolute Gasteiger partial charge is 0.326 e. The Labute approximate surface area is 187 Å². The van der Waals surface area contributed by atoms with Gasteiger partial charge in [0.15, 0.2) is 0 Å². The maximum Gasteiger partial charge on any atom is 0.416 e. The second-order valence-corrected chi connectivity index (χ2v) is 7.35. The summed E-state index contributed by atoms with van der Waals surface area (Å²) in [6.07, 6.45) is -4.30. The number of hydrogen-bond donors (Lipinski definition) is 3. The zero-order valence-corrected chi connectivity index (χ0v) is 17.4. The van der Waals surface area contributed by atoms with Crippen molar-refractivity contribution >= 4 is 34.9 Å². The number of alkyl halides is 3. The van der Waals surface area contributed by atoms with Crippen LogP contribution >= 0.6 is 11.6 Å². The molecule has 1 atom stereocenters. The lowest BCUT2D eigenvalue weighted by atomic mass is 10.1. The second-order valence-electron chi connectivity index (χ2n) is 6.92. The molecule has 0 saturated carbocycles. The van der Waals surface area contributed by atoms with Crippen molar-refractivity contribution in [2.24, 2.45) is 0 Å². The number of benzene rings is 3. The Balaban J connectivity index is 1.72. The van der Waals surface area contributed by atoms with Crippen molar-refractivity contribution in [3.05, 3.63) is 95.0 Å². The number of carbonyl (C=O) groups excluding carboxylic acids is 2. The lowest BCUT2D eigenvalue weighted by Gasteiger charge is -2.19. The number of halogens is 4. The predicted molar refractivity (Wildman–Crippen MR) is 118 cm³/mol. The van der Waals surface area contributed by atoms with Crippen LogP contribution < -0.4 is 16.0 Å². The molecule has 32 heavy (non-hydrogen) atoms. The molecule has 0 fully saturated rings. The molecule has 166 valence electrons. The summed E-state index contributed by atoms with van der Waals surface area (Å²) in [5.41, 5.74) is 0.591. The molecule has 0 bridgehead atoms. The predicted octanol–water partition coefficient (Wildman–Crippen LogP) is 5.73. The van der Waals surface area contributed by atoms with Crippen molar-refractivity contribution < 1.29 is 22.8 Å². The minimum absolute atomic E-state index is 0.177. The first-order chi connectivity index (χ1) is 15.2. The van der Waals surface area contributed by atoms with Gasteiger partial charge in [-0.3, -0.25) is 4.79 Å². The van der Waals surface area contributed by atoms with Crippen LogP contribution in [0.15, 0.2) is 78.9 Å². The fraction of sp³-hybridized carbons (Fsp3) is 0.130. The number of anilines is 2. The maximum atomic E-state index is 12.8. The third-order valence-corrected chi connectivity index (χ3v) is 4.70. The Morgan fingerprint density at radius 3 is 2.16 bits per heavy atom. The third kappa shape index (κ3) is 6.75. The largest absolute Gasteiger partial charge is 0.416 e. The fourth-order valence-corrected chi connectivity index (χ4v) is 3.11. The summed E-state index contributed by atoms with van der Waals surface area (Å²) in [6, 6.07) is 18.0. The molecule has 0 spiro atoms. The standard InChI is InChI=1S/C23H19ClF3N3O2/c24-17-7-4-8-19(14-17)29-22(32)30-20(13-15-5-2-1-3-6-15)21(31)28-18-11-9-16(10-12-18)23(25,26)27/h1-12,14,20H,13H2,(H,28,31)(H2,29,30,32). The van der Waals surface area contributed by atoms with Crippen molar-refractivity contribution in [1.82, 2.24) is 5.32 Å². The summed E-state index contributed by atoms with van der Waals surface area (Å²) in [6.45, 7) is 0. The second kappa shape index (κ2) is 10.2. The quantitative estimate of drug-likeness (QED) is 0.438. The molecule has 1 unspecified atom stereocenters. The van der Waals surface area contributed by atoms with Crippen LogP contribution in [0.5, 0.6) is 0 Å². The monoisotopic (exact) mass is 461 g/mol. The normalized spacial score (nSPS) is 12.0. The van der Waals surface area contributed by atoms with E-state index in [-0.39, 0.29) is 12.1 Å². The van der Waals surface area contributed by atoms with Crippen molar-refractivity contribution in [3.8, 4) is 0 Å². The summed E-state index contributed by atoms with van der Waals surface area (Å²) in [4.78, 5) is 25.3. The first-order valence-corrected chi connectivity index (χ1v) is 9.93. The molecule has 0 heterocycles. The van der Waals surface area contributed by atoms with Gasteiger partial charge in [0, 0.05) is 22.8 Å². The molecule has 3 aromatic carbocycles. The number of rotatable bonds is 6. The summed E-state index contributed by atoms with van der Waals surface area (Å²) in [5.74, 6) is -0.574. The Morgan fingerprint density at radius 2 is 1.53 bits per heavy atom. The van der Waals surface area contributed by atoms with Crippen LogP contribution in [-0.2, 0) is 17.4 Å². The first-order valence-electron chi connectivity index (χ1n) is 9.56. The highest BCUT2D eigenvalue weighted by molar-refractivity contribution is 6.30. The number of hydrogen-bond acceptors (Lipinski definition) is 2. The zero-order chi connectivity index (χ0) is 23.1. The van der Waals surface area contributed by atoms with E-state index in [2.05, 4.69) is 16.0 Å². The van der Waals surface area contributed by atoms with Crippen LogP contribution in [0.2, 0.25) is 5.02 Å². The summed E-state index contributed by atoms with van der Waals surface area (Å²) in [7, 11) is 0. The van der Waals surface area contributed by atoms with E-state index in [1.807, 2.05) is 6.07 Å². The molecular formula is C23H19ClF3N3O2. The van der Waals surface area contributed by atoms with Gasteiger partial charge in [-0.25, -0.2) is 4.79 Å². The average Bonchev–Trinajstić information content (AvgIpc) is 2.74. The topological polar surface area (TPSA) is 70.2 Å². The molecule has 9 heteroatoms. The molecule has 3 rings (SSSR count). The zero-order valence-electron chi connectivity index (χ0n) is 16.6. The molecule has 0 aromatic heterocycles. The van der Waals surface area contributed by atoms with E-state index in [9.17, 15) is 22.8 Å². The minimum atomic E-state index is -4.47. The molecule has 3 amide bonds. The van der Waals surface area contributed by atoms with Crippen LogP contribution in [0.3, 0.4) is 0 Å². The van der Waals surface area contributed by atoms with Gasteiger partial charge in [0.2, 0.25) is 5.91 Å². The number of urea groups is 1. The SMILES string of the molecule is O=C(Nc1cccc(Cl)c1)NC(Cc1ccccc1)C(=O)Nc1ccc(C(F)(F)F)cc1. The van der Waals surface area contributed by atoms with Crippen molar-refractivity contribution in [2.45, 2.75) is 18.6 Å².